The molecule has 4 heteroatoms. The van der Waals surface area contributed by atoms with Gasteiger partial charge in [-0.05, 0) is 39.7 Å². The topological polar surface area (TPSA) is 58.4 Å². The molecule has 110 valence electrons. The summed E-state index contributed by atoms with van der Waals surface area (Å²) in [5.41, 5.74) is 6.21. The molecular weight excluding hydrogens is 238 g/mol. The van der Waals surface area contributed by atoms with E-state index >= 15 is 0 Å². The molecule has 19 heavy (non-hydrogen) atoms. The highest BCUT2D eigenvalue weighted by Crippen LogP contribution is 2.23. The molecule has 2 aliphatic rings. The molecule has 0 aromatic rings. The van der Waals surface area contributed by atoms with Gasteiger partial charge in [-0.1, -0.05) is 25.7 Å². The van der Waals surface area contributed by atoms with Crippen molar-refractivity contribution >= 4 is 5.91 Å². The van der Waals surface area contributed by atoms with Crippen molar-refractivity contribution in [2.45, 2.75) is 82.5 Å². The Kier molecular flexibility index (Phi) is 5.22. The SMILES string of the molecule is CC(C(=O)NC1CCCC1)N(C)C1CCCCC1N. The summed E-state index contributed by atoms with van der Waals surface area (Å²) in [6.07, 6.45) is 9.47. The van der Waals surface area contributed by atoms with E-state index in [1.54, 1.807) is 0 Å². The number of nitrogens with two attached hydrogens (primary N) is 1. The minimum atomic E-state index is -0.0743. The van der Waals surface area contributed by atoms with Crippen LogP contribution >= 0.6 is 0 Å². The van der Waals surface area contributed by atoms with Gasteiger partial charge in [-0.3, -0.25) is 9.69 Å². The second-order valence-electron chi connectivity index (χ2n) is 6.35. The van der Waals surface area contributed by atoms with E-state index in [1.165, 1.54) is 25.7 Å². The number of carbonyl (C=O) groups excluding carboxylic acids is 1. The molecule has 2 saturated carbocycles. The van der Waals surface area contributed by atoms with Crippen LogP contribution in [0.15, 0.2) is 0 Å². The van der Waals surface area contributed by atoms with E-state index in [1.807, 2.05) is 6.92 Å². The number of carbonyl (C=O) groups is 1. The molecule has 2 rings (SSSR count). The zero-order chi connectivity index (χ0) is 13.8. The quantitative estimate of drug-likeness (QED) is 0.814. The normalized spacial score (nSPS) is 30.5. The lowest BCUT2D eigenvalue weighted by Gasteiger charge is -2.39. The highest BCUT2D eigenvalue weighted by molar-refractivity contribution is 5.81. The number of amides is 1. The van der Waals surface area contributed by atoms with Gasteiger partial charge < -0.3 is 11.1 Å². The lowest BCUT2D eigenvalue weighted by Crippen LogP contribution is -2.55. The van der Waals surface area contributed by atoms with Crippen LogP contribution in [0.4, 0.5) is 0 Å². The Morgan fingerprint density at radius 2 is 1.74 bits per heavy atom. The Balaban J connectivity index is 1.86. The fourth-order valence-corrected chi connectivity index (χ4v) is 3.51. The van der Waals surface area contributed by atoms with E-state index in [-0.39, 0.29) is 18.0 Å². The summed E-state index contributed by atoms with van der Waals surface area (Å²) in [5, 5.41) is 3.19. The summed E-state index contributed by atoms with van der Waals surface area (Å²) in [4.78, 5) is 14.5. The molecule has 0 aromatic carbocycles. The third-order valence-electron chi connectivity index (χ3n) is 5.00. The fourth-order valence-electron chi connectivity index (χ4n) is 3.51. The third kappa shape index (κ3) is 3.69. The van der Waals surface area contributed by atoms with E-state index in [0.717, 1.165) is 25.7 Å². The molecule has 2 aliphatic carbocycles. The molecular formula is C15H29N3O. The van der Waals surface area contributed by atoms with E-state index < -0.39 is 0 Å². The Hall–Kier alpha value is -0.610. The lowest BCUT2D eigenvalue weighted by molar-refractivity contribution is -0.127. The lowest BCUT2D eigenvalue weighted by atomic mass is 9.89. The molecule has 0 saturated heterocycles. The maximum Gasteiger partial charge on any atom is 0.237 e. The van der Waals surface area contributed by atoms with Crippen molar-refractivity contribution < 1.29 is 4.79 Å². The third-order valence-corrected chi connectivity index (χ3v) is 5.00. The molecule has 0 radical (unpaired) electrons. The number of hydrogen-bond acceptors (Lipinski definition) is 3. The fraction of sp³-hybridized carbons (Fsp3) is 0.933. The molecule has 2 fully saturated rings. The van der Waals surface area contributed by atoms with Gasteiger partial charge in [-0.15, -0.1) is 0 Å². The summed E-state index contributed by atoms with van der Waals surface area (Å²) in [6.45, 7) is 2.01. The molecule has 0 heterocycles. The summed E-state index contributed by atoms with van der Waals surface area (Å²) < 4.78 is 0. The van der Waals surface area contributed by atoms with Gasteiger partial charge in [0.15, 0.2) is 0 Å². The Morgan fingerprint density at radius 3 is 2.37 bits per heavy atom. The zero-order valence-corrected chi connectivity index (χ0v) is 12.4. The average Bonchev–Trinajstić information content (AvgIpc) is 2.90. The van der Waals surface area contributed by atoms with Crippen LogP contribution < -0.4 is 11.1 Å². The van der Waals surface area contributed by atoms with Gasteiger partial charge in [-0.25, -0.2) is 0 Å². The van der Waals surface area contributed by atoms with Gasteiger partial charge in [0.1, 0.15) is 0 Å². The molecule has 4 nitrogen and oxygen atoms in total. The van der Waals surface area contributed by atoms with Crippen LogP contribution in [-0.4, -0.2) is 42.0 Å². The number of nitrogens with one attached hydrogen (secondary N) is 1. The van der Waals surface area contributed by atoms with E-state index in [9.17, 15) is 4.79 Å². The Bertz CT molecular complexity index is 302. The zero-order valence-electron chi connectivity index (χ0n) is 12.4. The maximum atomic E-state index is 12.3. The van der Waals surface area contributed by atoms with Crippen molar-refractivity contribution in [3.8, 4) is 0 Å². The molecule has 1 amide bonds. The van der Waals surface area contributed by atoms with Gasteiger partial charge in [-0.2, -0.15) is 0 Å². The molecule has 0 spiro atoms. The van der Waals surface area contributed by atoms with Crippen molar-refractivity contribution in [1.82, 2.24) is 10.2 Å². The molecule has 3 unspecified atom stereocenters. The van der Waals surface area contributed by atoms with Crippen LogP contribution in [0.3, 0.4) is 0 Å². The number of likely N-dealkylation sites (N-methyl/N-ethyl adjacent to an activating group) is 1. The molecule has 0 aromatic heterocycles. The van der Waals surface area contributed by atoms with Gasteiger partial charge in [0.2, 0.25) is 5.91 Å². The van der Waals surface area contributed by atoms with Crippen molar-refractivity contribution in [3.63, 3.8) is 0 Å². The number of nitrogens with zero attached hydrogens (tertiary/aromatic N) is 1. The van der Waals surface area contributed by atoms with Crippen molar-refractivity contribution in [1.29, 1.82) is 0 Å². The monoisotopic (exact) mass is 267 g/mol. The predicted molar refractivity (Wildman–Crippen MR) is 77.9 cm³/mol. The van der Waals surface area contributed by atoms with Crippen LogP contribution in [0.2, 0.25) is 0 Å². The van der Waals surface area contributed by atoms with Crippen LogP contribution in [-0.2, 0) is 4.79 Å². The largest absolute Gasteiger partial charge is 0.352 e. The summed E-state index contributed by atoms with van der Waals surface area (Å²) in [5.74, 6) is 0.173. The van der Waals surface area contributed by atoms with Crippen molar-refractivity contribution in [2.75, 3.05) is 7.05 Å². The molecule has 0 bridgehead atoms. The molecule has 3 N–H and O–H groups in total. The predicted octanol–water partition coefficient (Wildman–Crippen LogP) is 1.64. The van der Waals surface area contributed by atoms with Gasteiger partial charge in [0.05, 0.1) is 6.04 Å². The van der Waals surface area contributed by atoms with Gasteiger partial charge in [0, 0.05) is 18.1 Å². The highest BCUT2D eigenvalue weighted by atomic mass is 16.2. The first-order valence-corrected chi connectivity index (χ1v) is 7.87. The van der Waals surface area contributed by atoms with Crippen molar-refractivity contribution in [3.05, 3.63) is 0 Å². The van der Waals surface area contributed by atoms with Crippen molar-refractivity contribution in [2.24, 2.45) is 5.73 Å². The second-order valence-corrected chi connectivity index (χ2v) is 6.35. The van der Waals surface area contributed by atoms with E-state index in [0.29, 0.717) is 12.1 Å². The molecule has 3 atom stereocenters. The minimum Gasteiger partial charge on any atom is -0.352 e. The standard InChI is InChI=1S/C15H29N3O/c1-11(15(19)17-12-7-3-4-8-12)18(2)14-10-6-5-9-13(14)16/h11-14H,3-10,16H2,1-2H3,(H,17,19). The summed E-state index contributed by atoms with van der Waals surface area (Å²) in [7, 11) is 2.05. The minimum absolute atomic E-state index is 0.0743. The smallest absolute Gasteiger partial charge is 0.237 e. The first-order valence-electron chi connectivity index (χ1n) is 7.87. The van der Waals surface area contributed by atoms with Crippen LogP contribution in [0.5, 0.6) is 0 Å². The van der Waals surface area contributed by atoms with E-state index in [4.69, 9.17) is 5.73 Å². The highest BCUT2D eigenvalue weighted by Gasteiger charge is 2.31. The van der Waals surface area contributed by atoms with Gasteiger partial charge >= 0.3 is 0 Å². The maximum absolute atomic E-state index is 12.3. The van der Waals surface area contributed by atoms with Crippen LogP contribution in [0.1, 0.15) is 58.3 Å². The number of rotatable bonds is 4. The first-order chi connectivity index (χ1) is 9.09. The van der Waals surface area contributed by atoms with E-state index in [2.05, 4.69) is 17.3 Å². The average molecular weight is 267 g/mol. The first kappa shape index (κ1) is 14.8. The second kappa shape index (κ2) is 6.71. The Labute approximate surface area is 117 Å². The Morgan fingerprint density at radius 1 is 1.16 bits per heavy atom. The van der Waals surface area contributed by atoms with Gasteiger partial charge in [0.25, 0.3) is 0 Å². The number of hydrogen-bond donors (Lipinski definition) is 2. The summed E-state index contributed by atoms with van der Waals surface area (Å²) in [6, 6.07) is 0.914. The van der Waals surface area contributed by atoms with Crippen LogP contribution in [0.25, 0.3) is 0 Å². The molecule has 0 aliphatic heterocycles. The summed E-state index contributed by atoms with van der Waals surface area (Å²) >= 11 is 0. The van der Waals surface area contributed by atoms with Crippen LogP contribution in [0, 0.1) is 0 Å².